The van der Waals surface area contributed by atoms with Gasteiger partial charge in [0, 0.05) is 38.3 Å². The molecule has 0 unspecified atom stereocenters. The van der Waals surface area contributed by atoms with Crippen LogP contribution < -0.4 is 10.1 Å². The lowest BCUT2D eigenvalue weighted by Crippen LogP contribution is -2.56. The number of ether oxygens (including phenoxy) is 1. The third-order valence-corrected chi connectivity index (χ3v) is 5.16. The second-order valence-electron chi connectivity index (χ2n) is 6.96. The maximum atomic E-state index is 12.7. The van der Waals surface area contributed by atoms with Crippen molar-refractivity contribution in [1.82, 2.24) is 15.1 Å². The Bertz CT molecular complexity index is 628. The van der Waals surface area contributed by atoms with E-state index in [0.717, 1.165) is 43.8 Å². The number of nitrogens with one attached hydrogen (secondary N) is 1. The highest BCUT2D eigenvalue weighted by atomic mass is 16.5. The fraction of sp³-hybridized carbons (Fsp3) is 0.600. The number of carbonyl (C=O) groups excluding carboxylic acids is 2. The van der Waals surface area contributed by atoms with Gasteiger partial charge in [-0.3, -0.25) is 14.5 Å². The fourth-order valence-corrected chi connectivity index (χ4v) is 3.76. The standard InChI is InChI=1S/C20H29N3O3/c1-2-26-18-9-5-4-8-16(18)15-23-13-10-21-20(25)17(23)14-19(24)22-11-6-3-7-12-22/h4-5,8-9,17H,2-3,6-7,10-15H2,1H3,(H,21,25)/t17-/m1/s1. The normalized spacial score (nSPS) is 21.3. The Morgan fingerprint density at radius 3 is 2.73 bits per heavy atom. The Morgan fingerprint density at radius 1 is 1.19 bits per heavy atom. The number of nitrogens with zero attached hydrogens (tertiary/aromatic N) is 2. The van der Waals surface area contributed by atoms with Gasteiger partial charge in [0.2, 0.25) is 11.8 Å². The molecule has 3 rings (SSSR count). The number of hydrogen-bond acceptors (Lipinski definition) is 4. The molecule has 1 aromatic rings. The summed E-state index contributed by atoms with van der Waals surface area (Å²) in [7, 11) is 0. The lowest BCUT2D eigenvalue weighted by molar-refractivity contribution is -0.139. The maximum Gasteiger partial charge on any atom is 0.237 e. The summed E-state index contributed by atoms with van der Waals surface area (Å²) in [5.41, 5.74) is 1.06. The first-order chi connectivity index (χ1) is 12.7. The van der Waals surface area contributed by atoms with E-state index in [-0.39, 0.29) is 18.2 Å². The number of likely N-dealkylation sites (tertiary alicyclic amines) is 1. The molecule has 0 saturated carbocycles. The molecule has 1 aromatic carbocycles. The molecule has 2 fully saturated rings. The summed E-state index contributed by atoms with van der Waals surface area (Å²) in [6.45, 7) is 6.18. The fourth-order valence-electron chi connectivity index (χ4n) is 3.76. The number of para-hydroxylation sites is 1. The quantitative estimate of drug-likeness (QED) is 0.841. The van der Waals surface area contributed by atoms with Gasteiger partial charge in [-0.15, -0.1) is 0 Å². The Labute approximate surface area is 155 Å². The molecule has 2 aliphatic rings. The minimum atomic E-state index is -0.409. The third-order valence-electron chi connectivity index (χ3n) is 5.16. The van der Waals surface area contributed by atoms with E-state index >= 15 is 0 Å². The van der Waals surface area contributed by atoms with Crippen LogP contribution in [0.3, 0.4) is 0 Å². The molecule has 2 amide bonds. The van der Waals surface area contributed by atoms with Crippen molar-refractivity contribution >= 4 is 11.8 Å². The second kappa shape index (κ2) is 9.03. The first-order valence-electron chi connectivity index (χ1n) is 9.69. The SMILES string of the molecule is CCOc1ccccc1CN1CCNC(=O)[C@H]1CC(=O)N1CCCCC1. The van der Waals surface area contributed by atoms with Gasteiger partial charge in [-0.2, -0.15) is 0 Å². The summed E-state index contributed by atoms with van der Waals surface area (Å²) in [6.07, 6.45) is 3.57. The van der Waals surface area contributed by atoms with Crippen LogP contribution >= 0.6 is 0 Å². The molecule has 0 aliphatic carbocycles. The molecule has 6 heteroatoms. The number of hydrogen-bond donors (Lipinski definition) is 1. The molecule has 6 nitrogen and oxygen atoms in total. The topological polar surface area (TPSA) is 61.9 Å². The van der Waals surface area contributed by atoms with Gasteiger partial charge < -0.3 is 15.0 Å². The van der Waals surface area contributed by atoms with E-state index in [2.05, 4.69) is 10.2 Å². The Hall–Kier alpha value is -2.08. The van der Waals surface area contributed by atoms with Crippen molar-refractivity contribution < 1.29 is 14.3 Å². The van der Waals surface area contributed by atoms with E-state index < -0.39 is 6.04 Å². The van der Waals surface area contributed by atoms with Gasteiger partial charge in [-0.25, -0.2) is 0 Å². The monoisotopic (exact) mass is 359 g/mol. The summed E-state index contributed by atoms with van der Waals surface area (Å²) >= 11 is 0. The average molecular weight is 359 g/mol. The molecule has 142 valence electrons. The van der Waals surface area contributed by atoms with E-state index in [9.17, 15) is 9.59 Å². The number of piperidine rings is 1. The molecule has 2 aliphatic heterocycles. The van der Waals surface area contributed by atoms with Crippen LogP contribution in [0.2, 0.25) is 0 Å². The largest absolute Gasteiger partial charge is 0.494 e. The number of benzene rings is 1. The van der Waals surface area contributed by atoms with Crippen molar-refractivity contribution in [2.45, 2.75) is 45.2 Å². The highest BCUT2D eigenvalue weighted by Crippen LogP contribution is 2.23. The summed E-state index contributed by atoms with van der Waals surface area (Å²) < 4.78 is 5.71. The van der Waals surface area contributed by atoms with E-state index in [0.29, 0.717) is 19.7 Å². The number of carbonyl (C=O) groups is 2. The molecule has 0 spiro atoms. The van der Waals surface area contributed by atoms with Crippen LogP contribution in [-0.2, 0) is 16.1 Å². The van der Waals surface area contributed by atoms with Crippen LogP contribution in [0, 0.1) is 0 Å². The highest BCUT2D eigenvalue weighted by molar-refractivity contribution is 5.88. The second-order valence-corrected chi connectivity index (χ2v) is 6.96. The van der Waals surface area contributed by atoms with Gasteiger partial charge in [0.1, 0.15) is 5.75 Å². The van der Waals surface area contributed by atoms with Crippen molar-refractivity contribution in [3.8, 4) is 5.75 Å². The predicted molar refractivity (Wildman–Crippen MR) is 99.9 cm³/mol. The first kappa shape index (κ1) is 18.7. The van der Waals surface area contributed by atoms with Crippen LogP contribution in [-0.4, -0.2) is 60.4 Å². The van der Waals surface area contributed by atoms with E-state index in [1.807, 2.05) is 36.1 Å². The molecular weight excluding hydrogens is 330 g/mol. The van der Waals surface area contributed by atoms with Crippen LogP contribution in [0.5, 0.6) is 5.75 Å². The summed E-state index contributed by atoms with van der Waals surface area (Å²) in [5.74, 6) is 0.896. The van der Waals surface area contributed by atoms with Gasteiger partial charge in [0.05, 0.1) is 19.1 Å². The minimum Gasteiger partial charge on any atom is -0.494 e. The molecule has 1 atom stereocenters. The highest BCUT2D eigenvalue weighted by Gasteiger charge is 2.33. The van der Waals surface area contributed by atoms with Crippen LogP contribution in [0.4, 0.5) is 0 Å². The van der Waals surface area contributed by atoms with E-state index in [1.165, 1.54) is 6.42 Å². The molecule has 2 heterocycles. The minimum absolute atomic E-state index is 0.0458. The van der Waals surface area contributed by atoms with Crippen molar-refractivity contribution in [3.05, 3.63) is 29.8 Å². The molecule has 0 bridgehead atoms. The van der Waals surface area contributed by atoms with Crippen LogP contribution in [0.15, 0.2) is 24.3 Å². The van der Waals surface area contributed by atoms with Crippen molar-refractivity contribution in [3.63, 3.8) is 0 Å². The zero-order chi connectivity index (χ0) is 18.4. The van der Waals surface area contributed by atoms with Gasteiger partial charge in [0.15, 0.2) is 0 Å². The lowest BCUT2D eigenvalue weighted by atomic mass is 10.0. The zero-order valence-electron chi connectivity index (χ0n) is 15.6. The number of rotatable bonds is 6. The van der Waals surface area contributed by atoms with Gasteiger partial charge in [-0.05, 0) is 32.3 Å². The number of amides is 2. The van der Waals surface area contributed by atoms with Crippen molar-refractivity contribution in [2.24, 2.45) is 0 Å². The van der Waals surface area contributed by atoms with E-state index in [1.54, 1.807) is 0 Å². The first-order valence-corrected chi connectivity index (χ1v) is 9.69. The van der Waals surface area contributed by atoms with Gasteiger partial charge in [0.25, 0.3) is 0 Å². The summed E-state index contributed by atoms with van der Waals surface area (Å²) in [5, 5.41) is 2.91. The molecule has 0 radical (unpaired) electrons. The Balaban J connectivity index is 1.70. The smallest absolute Gasteiger partial charge is 0.237 e. The van der Waals surface area contributed by atoms with Gasteiger partial charge in [-0.1, -0.05) is 18.2 Å². The summed E-state index contributed by atoms with van der Waals surface area (Å²) in [6, 6.07) is 7.51. The lowest BCUT2D eigenvalue weighted by Gasteiger charge is -2.36. The molecular formula is C20H29N3O3. The van der Waals surface area contributed by atoms with Crippen molar-refractivity contribution in [1.29, 1.82) is 0 Å². The molecule has 1 N–H and O–H groups in total. The van der Waals surface area contributed by atoms with Gasteiger partial charge >= 0.3 is 0 Å². The Kier molecular flexibility index (Phi) is 6.50. The molecule has 2 saturated heterocycles. The van der Waals surface area contributed by atoms with Crippen LogP contribution in [0.25, 0.3) is 0 Å². The zero-order valence-corrected chi connectivity index (χ0v) is 15.6. The number of piperazine rings is 1. The predicted octanol–water partition coefficient (Wildman–Crippen LogP) is 1.79. The maximum absolute atomic E-state index is 12.7. The van der Waals surface area contributed by atoms with Crippen molar-refractivity contribution in [2.75, 3.05) is 32.8 Å². The van der Waals surface area contributed by atoms with E-state index in [4.69, 9.17) is 4.74 Å². The Morgan fingerprint density at radius 2 is 1.96 bits per heavy atom. The molecule has 0 aromatic heterocycles. The average Bonchev–Trinajstić information content (AvgIpc) is 2.67. The van der Waals surface area contributed by atoms with Crippen LogP contribution in [0.1, 0.15) is 38.2 Å². The third kappa shape index (κ3) is 4.55. The molecule has 26 heavy (non-hydrogen) atoms. The summed E-state index contributed by atoms with van der Waals surface area (Å²) in [4.78, 5) is 29.2.